The highest BCUT2D eigenvalue weighted by atomic mass is 16.5. The Morgan fingerprint density at radius 1 is 1.67 bits per heavy atom. The summed E-state index contributed by atoms with van der Waals surface area (Å²) in [6, 6.07) is 0. The summed E-state index contributed by atoms with van der Waals surface area (Å²) >= 11 is 0. The Balaban J connectivity index is 2.81. The first-order chi connectivity index (χ1) is 5.56. The Bertz CT molecular complexity index is 255. The first-order valence-electron chi connectivity index (χ1n) is 3.85. The number of rotatable bonds is 3. The van der Waals surface area contributed by atoms with Crippen LogP contribution in [-0.4, -0.2) is 23.3 Å². The zero-order valence-electron chi connectivity index (χ0n) is 7.74. The maximum atomic E-state index is 5.50. The number of ether oxygens (including phenoxy) is 1. The van der Waals surface area contributed by atoms with E-state index in [1.54, 1.807) is 19.6 Å². The van der Waals surface area contributed by atoms with Crippen LogP contribution in [0.2, 0.25) is 0 Å². The number of anilines is 1. The van der Waals surface area contributed by atoms with Crippen LogP contribution in [0.3, 0.4) is 0 Å². The van der Waals surface area contributed by atoms with Gasteiger partial charge in [0, 0.05) is 13.3 Å². The van der Waals surface area contributed by atoms with Crippen molar-refractivity contribution in [1.82, 2.24) is 9.55 Å². The van der Waals surface area contributed by atoms with Crippen molar-refractivity contribution >= 4 is 5.82 Å². The minimum atomic E-state index is -0.0840. The number of nitrogen functional groups attached to an aromatic ring is 1. The summed E-state index contributed by atoms with van der Waals surface area (Å²) in [4.78, 5) is 3.95. The van der Waals surface area contributed by atoms with E-state index in [1.807, 2.05) is 4.57 Å². The topological polar surface area (TPSA) is 53.1 Å². The number of nitrogens with zero attached hydrogens (tertiary/aromatic N) is 2. The third-order valence-corrected chi connectivity index (χ3v) is 1.80. The average molecular weight is 169 g/mol. The van der Waals surface area contributed by atoms with E-state index in [0.717, 1.165) is 0 Å². The lowest BCUT2D eigenvalue weighted by molar-refractivity contribution is 0.109. The quantitative estimate of drug-likeness (QED) is 0.729. The molecule has 0 radical (unpaired) electrons. The second-order valence-electron chi connectivity index (χ2n) is 3.45. The van der Waals surface area contributed by atoms with E-state index in [-0.39, 0.29) is 5.54 Å². The van der Waals surface area contributed by atoms with Crippen molar-refractivity contribution in [2.75, 3.05) is 19.5 Å². The molecule has 0 aliphatic rings. The molecule has 1 aromatic rings. The maximum absolute atomic E-state index is 5.50. The SMILES string of the molecule is COCC(C)(C)n1cnc(N)c1. The number of hydrogen-bond acceptors (Lipinski definition) is 3. The highest BCUT2D eigenvalue weighted by Gasteiger charge is 2.19. The van der Waals surface area contributed by atoms with Gasteiger partial charge in [0.1, 0.15) is 5.82 Å². The third kappa shape index (κ3) is 1.76. The van der Waals surface area contributed by atoms with Crippen LogP contribution in [0.5, 0.6) is 0 Å². The zero-order valence-corrected chi connectivity index (χ0v) is 7.74. The molecule has 1 rings (SSSR count). The van der Waals surface area contributed by atoms with E-state index >= 15 is 0 Å². The number of hydrogen-bond donors (Lipinski definition) is 1. The molecular weight excluding hydrogens is 154 g/mol. The largest absolute Gasteiger partial charge is 0.382 e. The average Bonchev–Trinajstić information content (AvgIpc) is 2.36. The second-order valence-corrected chi connectivity index (χ2v) is 3.45. The lowest BCUT2D eigenvalue weighted by atomic mass is 10.1. The van der Waals surface area contributed by atoms with Crippen molar-refractivity contribution in [3.8, 4) is 0 Å². The van der Waals surface area contributed by atoms with Crippen LogP contribution in [0, 0.1) is 0 Å². The molecule has 68 valence electrons. The fourth-order valence-corrected chi connectivity index (χ4v) is 1.10. The van der Waals surface area contributed by atoms with Crippen molar-refractivity contribution in [3.05, 3.63) is 12.5 Å². The van der Waals surface area contributed by atoms with Gasteiger partial charge in [0.15, 0.2) is 0 Å². The van der Waals surface area contributed by atoms with E-state index in [0.29, 0.717) is 12.4 Å². The Kier molecular flexibility index (Phi) is 2.38. The van der Waals surface area contributed by atoms with Gasteiger partial charge >= 0.3 is 0 Å². The van der Waals surface area contributed by atoms with E-state index in [2.05, 4.69) is 18.8 Å². The molecule has 0 bridgehead atoms. The molecule has 2 N–H and O–H groups in total. The first-order valence-corrected chi connectivity index (χ1v) is 3.85. The molecule has 0 aliphatic carbocycles. The minimum Gasteiger partial charge on any atom is -0.382 e. The maximum Gasteiger partial charge on any atom is 0.141 e. The van der Waals surface area contributed by atoms with Gasteiger partial charge in [-0.05, 0) is 13.8 Å². The smallest absolute Gasteiger partial charge is 0.141 e. The van der Waals surface area contributed by atoms with Crippen molar-refractivity contribution in [1.29, 1.82) is 0 Å². The molecule has 0 atom stereocenters. The van der Waals surface area contributed by atoms with Crippen LogP contribution in [0.25, 0.3) is 0 Å². The highest BCUT2D eigenvalue weighted by molar-refractivity contribution is 5.23. The van der Waals surface area contributed by atoms with Gasteiger partial charge in [0.05, 0.1) is 18.5 Å². The van der Waals surface area contributed by atoms with Gasteiger partial charge in [0.25, 0.3) is 0 Å². The van der Waals surface area contributed by atoms with Gasteiger partial charge in [-0.3, -0.25) is 0 Å². The molecule has 0 aliphatic heterocycles. The minimum absolute atomic E-state index is 0.0840. The van der Waals surface area contributed by atoms with Crippen molar-refractivity contribution < 1.29 is 4.74 Å². The molecule has 0 saturated carbocycles. The van der Waals surface area contributed by atoms with Gasteiger partial charge in [-0.2, -0.15) is 0 Å². The lowest BCUT2D eigenvalue weighted by Crippen LogP contribution is -2.30. The van der Waals surface area contributed by atoms with Crippen LogP contribution in [0.15, 0.2) is 12.5 Å². The summed E-state index contributed by atoms with van der Waals surface area (Å²) in [5, 5.41) is 0. The molecule has 4 heteroatoms. The fourth-order valence-electron chi connectivity index (χ4n) is 1.10. The van der Waals surface area contributed by atoms with Gasteiger partial charge in [-0.25, -0.2) is 4.98 Å². The molecule has 4 nitrogen and oxygen atoms in total. The standard InChI is InChI=1S/C8H15N3O/c1-8(2,5-12-3)11-4-7(9)10-6-11/h4,6H,5,9H2,1-3H3. The van der Waals surface area contributed by atoms with E-state index in [9.17, 15) is 0 Å². The predicted molar refractivity (Wildman–Crippen MR) is 47.8 cm³/mol. The van der Waals surface area contributed by atoms with E-state index in [1.165, 1.54) is 0 Å². The molecule has 0 fully saturated rings. The van der Waals surface area contributed by atoms with Crippen molar-refractivity contribution in [2.24, 2.45) is 0 Å². The summed E-state index contributed by atoms with van der Waals surface area (Å²) < 4.78 is 7.03. The molecule has 0 amide bonds. The van der Waals surface area contributed by atoms with Crippen molar-refractivity contribution in [3.63, 3.8) is 0 Å². The van der Waals surface area contributed by atoms with Crippen LogP contribution in [-0.2, 0) is 10.3 Å². The fraction of sp³-hybridized carbons (Fsp3) is 0.625. The summed E-state index contributed by atoms with van der Waals surface area (Å²) in [5.74, 6) is 0.541. The molecule has 0 unspecified atom stereocenters. The number of aromatic nitrogens is 2. The van der Waals surface area contributed by atoms with Crippen LogP contribution in [0.1, 0.15) is 13.8 Å². The normalized spacial score (nSPS) is 11.9. The number of nitrogens with two attached hydrogens (primary N) is 1. The zero-order chi connectivity index (χ0) is 9.19. The molecular formula is C8H15N3O. The Labute approximate surface area is 72.3 Å². The highest BCUT2D eigenvalue weighted by Crippen LogP contribution is 2.15. The molecule has 1 heterocycles. The van der Waals surface area contributed by atoms with Crippen LogP contribution in [0.4, 0.5) is 5.82 Å². The molecule has 1 aromatic heterocycles. The monoisotopic (exact) mass is 169 g/mol. The second kappa shape index (κ2) is 3.15. The Hall–Kier alpha value is -1.03. The van der Waals surface area contributed by atoms with Gasteiger partial charge in [-0.1, -0.05) is 0 Å². The van der Waals surface area contributed by atoms with Gasteiger partial charge < -0.3 is 15.0 Å². The Morgan fingerprint density at radius 2 is 2.33 bits per heavy atom. The van der Waals surface area contributed by atoms with Crippen LogP contribution < -0.4 is 5.73 Å². The first kappa shape index (κ1) is 9.06. The van der Waals surface area contributed by atoms with E-state index in [4.69, 9.17) is 10.5 Å². The van der Waals surface area contributed by atoms with Crippen LogP contribution >= 0.6 is 0 Å². The molecule has 0 spiro atoms. The summed E-state index contributed by atoms with van der Waals surface area (Å²) in [6.07, 6.45) is 3.52. The lowest BCUT2D eigenvalue weighted by Gasteiger charge is -2.24. The Morgan fingerprint density at radius 3 is 2.75 bits per heavy atom. The van der Waals surface area contributed by atoms with Gasteiger partial charge in [0.2, 0.25) is 0 Å². The molecule has 0 aromatic carbocycles. The van der Waals surface area contributed by atoms with Crippen molar-refractivity contribution in [2.45, 2.75) is 19.4 Å². The number of methoxy groups -OCH3 is 1. The summed E-state index contributed by atoms with van der Waals surface area (Å²) in [5.41, 5.74) is 5.41. The molecule has 0 saturated heterocycles. The molecule has 12 heavy (non-hydrogen) atoms. The third-order valence-electron chi connectivity index (χ3n) is 1.80. The van der Waals surface area contributed by atoms with Gasteiger partial charge in [-0.15, -0.1) is 0 Å². The van der Waals surface area contributed by atoms with E-state index < -0.39 is 0 Å². The summed E-state index contributed by atoms with van der Waals surface area (Å²) in [6.45, 7) is 4.78. The number of imidazole rings is 1. The summed E-state index contributed by atoms with van der Waals surface area (Å²) in [7, 11) is 1.68. The predicted octanol–water partition coefficient (Wildman–Crippen LogP) is 0.847.